The molecule has 6 heteroatoms. The average molecular weight is 427 g/mol. The maximum Gasteiger partial charge on any atom is 0.193 e. The van der Waals surface area contributed by atoms with Crippen LogP contribution in [0.3, 0.4) is 0 Å². The summed E-state index contributed by atoms with van der Waals surface area (Å²) in [6, 6.07) is 15.4. The van der Waals surface area contributed by atoms with Gasteiger partial charge in [-0.15, -0.1) is 24.0 Å². The second kappa shape index (κ2) is 10.2. The molecule has 5 nitrogen and oxygen atoms in total. The van der Waals surface area contributed by atoms with Crippen molar-refractivity contribution in [3.05, 3.63) is 65.2 Å². The molecule has 0 saturated heterocycles. The zero-order valence-electron chi connectivity index (χ0n) is 13.0. The van der Waals surface area contributed by atoms with Crippen molar-refractivity contribution < 1.29 is 9.84 Å². The largest absolute Gasteiger partial charge is 0.392 e. The molecular weight excluding hydrogens is 405 g/mol. The van der Waals surface area contributed by atoms with Crippen molar-refractivity contribution in [2.45, 2.75) is 19.8 Å². The number of benzene rings is 2. The standard InChI is InChI=1S/C17H21N3O2.HI/c1-22-12-15-8-4-5-9-16(15)20-17(18)19-10-13-6-2-3-7-14(13)11-21;/h2-9,21H,10-12H2,1H3,(H3,18,19,20);1H. The predicted molar refractivity (Wildman–Crippen MR) is 104 cm³/mol. The lowest BCUT2D eigenvalue weighted by molar-refractivity contribution is 0.185. The summed E-state index contributed by atoms with van der Waals surface area (Å²) < 4.78 is 5.16. The van der Waals surface area contributed by atoms with Crippen LogP contribution in [0, 0.1) is 0 Å². The average Bonchev–Trinajstić information content (AvgIpc) is 2.55. The number of hydrogen-bond acceptors (Lipinski definition) is 3. The second-order valence-corrected chi connectivity index (χ2v) is 4.84. The van der Waals surface area contributed by atoms with Crippen LogP contribution in [0.4, 0.5) is 5.69 Å². The summed E-state index contributed by atoms with van der Waals surface area (Å²) in [5.41, 5.74) is 9.65. The Morgan fingerprint density at radius 2 is 1.70 bits per heavy atom. The zero-order valence-corrected chi connectivity index (χ0v) is 15.4. The van der Waals surface area contributed by atoms with E-state index in [9.17, 15) is 5.11 Å². The zero-order chi connectivity index (χ0) is 15.8. The third-order valence-electron chi connectivity index (χ3n) is 3.29. The highest BCUT2D eigenvalue weighted by molar-refractivity contribution is 14.0. The van der Waals surface area contributed by atoms with Crippen LogP contribution >= 0.6 is 24.0 Å². The molecule has 23 heavy (non-hydrogen) atoms. The van der Waals surface area contributed by atoms with Crippen molar-refractivity contribution in [3.63, 3.8) is 0 Å². The van der Waals surface area contributed by atoms with E-state index in [1.54, 1.807) is 7.11 Å². The van der Waals surface area contributed by atoms with E-state index in [4.69, 9.17) is 10.5 Å². The third-order valence-corrected chi connectivity index (χ3v) is 3.29. The molecule has 0 bridgehead atoms. The normalized spacial score (nSPS) is 11.0. The van der Waals surface area contributed by atoms with Crippen molar-refractivity contribution in [1.29, 1.82) is 0 Å². The van der Waals surface area contributed by atoms with E-state index >= 15 is 0 Å². The Morgan fingerprint density at radius 3 is 2.35 bits per heavy atom. The third kappa shape index (κ3) is 5.81. The number of nitrogens with two attached hydrogens (primary N) is 1. The van der Waals surface area contributed by atoms with Crippen LogP contribution in [0.5, 0.6) is 0 Å². The first kappa shape index (κ1) is 19.4. The molecule has 2 aromatic rings. The smallest absolute Gasteiger partial charge is 0.193 e. The monoisotopic (exact) mass is 427 g/mol. The van der Waals surface area contributed by atoms with E-state index < -0.39 is 0 Å². The highest BCUT2D eigenvalue weighted by Gasteiger charge is 2.03. The Balaban J connectivity index is 0.00000264. The maximum atomic E-state index is 9.31. The second-order valence-electron chi connectivity index (χ2n) is 4.84. The Morgan fingerprint density at radius 1 is 1.09 bits per heavy atom. The molecule has 2 rings (SSSR count). The minimum atomic E-state index is -0.00427. The molecule has 0 unspecified atom stereocenters. The number of aliphatic imine (C=N–C) groups is 1. The number of rotatable bonds is 6. The number of aliphatic hydroxyl groups is 1. The fraction of sp³-hybridized carbons (Fsp3) is 0.235. The van der Waals surface area contributed by atoms with E-state index in [1.165, 1.54) is 0 Å². The Kier molecular flexibility index (Phi) is 8.60. The molecule has 0 aliphatic carbocycles. The summed E-state index contributed by atoms with van der Waals surface area (Å²) in [4.78, 5) is 4.33. The van der Waals surface area contributed by atoms with Crippen LogP contribution in [0.1, 0.15) is 16.7 Å². The summed E-state index contributed by atoms with van der Waals surface area (Å²) in [6.45, 7) is 0.918. The Labute approximate surface area is 153 Å². The molecule has 0 aliphatic rings. The summed E-state index contributed by atoms with van der Waals surface area (Å²) in [7, 11) is 1.65. The molecule has 0 saturated carbocycles. The number of nitrogens with zero attached hydrogens (tertiary/aromatic N) is 1. The first-order chi connectivity index (χ1) is 10.7. The molecule has 124 valence electrons. The van der Waals surface area contributed by atoms with Crippen molar-refractivity contribution in [2.24, 2.45) is 10.7 Å². The van der Waals surface area contributed by atoms with Crippen molar-refractivity contribution in [1.82, 2.24) is 0 Å². The topological polar surface area (TPSA) is 79.9 Å². The van der Waals surface area contributed by atoms with Gasteiger partial charge in [0.1, 0.15) is 0 Å². The van der Waals surface area contributed by atoms with Gasteiger partial charge in [-0.2, -0.15) is 0 Å². The molecule has 0 fully saturated rings. The summed E-state index contributed by atoms with van der Waals surface area (Å²) >= 11 is 0. The number of para-hydroxylation sites is 1. The quantitative estimate of drug-likeness (QED) is 0.376. The molecular formula is C17H22IN3O2. The lowest BCUT2D eigenvalue weighted by Crippen LogP contribution is -2.23. The molecule has 0 heterocycles. The van der Waals surface area contributed by atoms with Crippen molar-refractivity contribution in [3.8, 4) is 0 Å². The van der Waals surface area contributed by atoms with E-state index in [0.29, 0.717) is 19.1 Å². The minimum absolute atomic E-state index is 0. The number of ether oxygens (including phenoxy) is 1. The molecule has 0 amide bonds. The number of hydrogen-bond donors (Lipinski definition) is 3. The maximum absolute atomic E-state index is 9.31. The van der Waals surface area contributed by atoms with E-state index in [2.05, 4.69) is 10.3 Å². The molecule has 0 atom stereocenters. The lowest BCUT2D eigenvalue weighted by atomic mass is 10.1. The summed E-state index contributed by atoms with van der Waals surface area (Å²) in [5.74, 6) is 0.330. The summed E-state index contributed by atoms with van der Waals surface area (Å²) in [5, 5.41) is 12.4. The van der Waals surface area contributed by atoms with Gasteiger partial charge < -0.3 is 20.9 Å². The van der Waals surface area contributed by atoms with Gasteiger partial charge in [0.15, 0.2) is 5.96 Å². The number of guanidine groups is 1. The van der Waals surface area contributed by atoms with Crippen molar-refractivity contribution in [2.75, 3.05) is 12.4 Å². The lowest BCUT2D eigenvalue weighted by Gasteiger charge is -2.11. The van der Waals surface area contributed by atoms with Gasteiger partial charge >= 0.3 is 0 Å². The Hall–Kier alpha value is -1.64. The van der Waals surface area contributed by atoms with E-state index in [-0.39, 0.29) is 30.6 Å². The van der Waals surface area contributed by atoms with Gasteiger partial charge in [-0.1, -0.05) is 42.5 Å². The molecule has 0 radical (unpaired) electrons. The fourth-order valence-electron chi connectivity index (χ4n) is 2.14. The van der Waals surface area contributed by atoms with Crippen LogP contribution in [0.15, 0.2) is 53.5 Å². The number of nitrogens with one attached hydrogen (secondary N) is 1. The van der Waals surface area contributed by atoms with Crippen molar-refractivity contribution >= 4 is 35.6 Å². The van der Waals surface area contributed by atoms with Crippen LogP contribution in [0.25, 0.3) is 0 Å². The van der Waals surface area contributed by atoms with E-state index in [1.807, 2.05) is 48.5 Å². The number of aliphatic hydroxyl groups excluding tert-OH is 1. The van der Waals surface area contributed by atoms with Gasteiger partial charge in [0.25, 0.3) is 0 Å². The molecule has 0 aliphatic heterocycles. The molecule has 4 N–H and O–H groups in total. The highest BCUT2D eigenvalue weighted by Crippen LogP contribution is 2.16. The summed E-state index contributed by atoms with van der Waals surface area (Å²) in [6.07, 6.45) is 0. The minimum Gasteiger partial charge on any atom is -0.392 e. The van der Waals surface area contributed by atoms with Crippen LogP contribution in [-0.2, 0) is 24.5 Å². The fourth-order valence-corrected chi connectivity index (χ4v) is 2.14. The number of halogens is 1. The van der Waals surface area contributed by atoms with Gasteiger partial charge in [0.2, 0.25) is 0 Å². The predicted octanol–water partition coefficient (Wildman–Crippen LogP) is 2.87. The number of methoxy groups -OCH3 is 1. The molecule has 2 aromatic carbocycles. The van der Waals surface area contributed by atoms with Gasteiger partial charge in [-0.3, -0.25) is 0 Å². The Bertz CT molecular complexity index is 647. The van der Waals surface area contributed by atoms with Gasteiger partial charge in [-0.25, -0.2) is 4.99 Å². The van der Waals surface area contributed by atoms with Crippen LogP contribution < -0.4 is 11.1 Å². The first-order valence-electron chi connectivity index (χ1n) is 7.06. The van der Waals surface area contributed by atoms with Crippen LogP contribution in [0.2, 0.25) is 0 Å². The van der Waals surface area contributed by atoms with Gasteiger partial charge in [0.05, 0.1) is 19.8 Å². The highest BCUT2D eigenvalue weighted by atomic mass is 127. The van der Waals surface area contributed by atoms with E-state index in [0.717, 1.165) is 22.4 Å². The SMILES string of the molecule is COCc1ccccc1NC(N)=NCc1ccccc1CO.I. The van der Waals surface area contributed by atoms with Gasteiger partial charge in [-0.05, 0) is 17.2 Å². The van der Waals surface area contributed by atoms with Crippen LogP contribution in [-0.4, -0.2) is 18.2 Å². The number of anilines is 1. The molecule has 0 spiro atoms. The molecule has 0 aromatic heterocycles. The van der Waals surface area contributed by atoms with Gasteiger partial charge in [0, 0.05) is 18.4 Å². The first-order valence-corrected chi connectivity index (χ1v) is 7.06.